The summed E-state index contributed by atoms with van der Waals surface area (Å²) in [5.41, 5.74) is -1.36. The standard InChI is InChI=1S/C15H21NO15S.4Na.4H/c1-29-9(19)6-15(13(24)25,7-11(21)31-32(27,28)3-2-16)30-10(20)5-14(26,12(22)23)4-8(17)18;;;;;;;;/h26H,2-7,16H2,1H3,(H,17,18)(H,22,23)(H,24,25);;;;;;;;. The fourth-order valence-electron chi connectivity index (χ4n) is 2.18. The van der Waals surface area contributed by atoms with Gasteiger partial charge in [-0.15, -0.1) is 0 Å². The Bertz CT molecular complexity index is 899. The van der Waals surface area contributed by atoms with Crippen molar-refractivity contribution in [2.75, 3.05) is 19.4 Å². The predicted octanol–water partition coefficient (Wildman–Crippen LogP) is -5.78. The van der Waals surface area contributed by atoms with E-state index in [1.807, 2.05) is 0 Å². The third-order valence-electron chi connectivity index (χ3n) is 3.65. The predicted molar refractivity (Wildman–Crippen MR) is 125 cm³/mol. The van der Waals surface area contributed by atoms with E-state index in [1.165, 1.54) is 0 Å². The number of rotatable bonds is 14. The number of carbonyl (C=O) groups is 6. The van der Waals surface area contributed by atoms with E-state index in [1.54, 1.807) is 0 Å². The molecule has 0 aliphatic rings. The Balaban J connectivity index is -0.000000801. The van der Waals surface area contributed by atoms with Crippen molar-refractivity contribution < 1.29 is 71.3 Å². The molecule has 16 nitrogen and oxygen atoms in total. The fraction of sp³-hybridized carbons (Fsp3) is 0.600. The van der Waals surface area contributed by atoms with Gasteiger partial charge in [-0.1, -0.05) is 0 Å². The maximum absolute atomic E-state index is 12.2. The molecule has 0 aromatic heterocycles. The van der Waals surface area contributed by atoms with Crippen molar-refractivity contribution in [1.29, 1.82) is 0 Å². The molecule has 0 aromatic rings. The Morgan fingerprint density at radius 1 is 0.778 bits per heavy atom. The normalized spacial score (nSPS) is 13.2. The van der Waals surface area contributed by atoms with Gasteiger partial charge in [-0.25, -0.2) is 9.59 Å². The minimum atomic E-state index is -4.55. The van der Waals surface area contributed by atoms with Gasteiger partial charge in [-0.05, 0) is 0 Å². The molecule has 0 aliphatic carbocycles. The van der Waals surface area contributed by atoms with Crippen LogP contribution in [0.3, 0.4) is 0 Å². The number of aliphatic carboxylic acids is 3. The number of ether oxygens (including phenoxy) is 2. The number of carboxylic acids is 3. The molecule has 0 heterocycles. The van der Waals surface area contributed by atoms with Crippen molar-refractivity contribution in [3.63, 3.8) is 0 Å². The molecule has 0 amide bonds. The molecule has 0 aromatic carbocycles. The van der Waals surface area contributed by atoms with E-state index in [4.69, 9.17) is 15.9 Å². The van der Waals surface area contributed by atoms with Crippen LogP contribution in [0.15, 0.2) is 0 Å². The Morgan fingerprint density at radius 3 is 1.61 bits per heavy atom. The van der Waals surface area contributed by atoms with Crippen LogP contribution >= 0.6 is 0 Å². The van der Waals surface area contributed by atoms with Gasteiger partial charge in [0, 0.05) is 6.54 Å². The first-order valence-corrected chi connectivity index (χ1v) is 9.95. The molecule has 6 N–H and O–H groups in total. The zero-order valence-corrected chi connectivity index (χ0v) is 17.3. The second-order valence-electron chi connectivity index (χ2n) is 6.29. The SMILES string of the molecule is COC(=O)CC(CC(=O)OS(=O)(=O)CCN)(OC(=O)CC(O)(CC(=O)O)C(=O)O)C(=O)O.[NaH].[NaH].[NaH].[NaH]. The summed E-state index contributed by atoms with van der Waals surface area (Å²) in [5.74, 6) is -12.0. The monoisotopic (exact) mass is 583 g/mol. The van der Waals surface area contributed by atoms with E-state index < -0.39 is 95.1 Å². The molecule has 0 bridgehead atoms. The van der Waals surface area contributed by atoms with Crippen LogP contribution in [0, 0.1) is 0 Å². The summed E-state index contributed by atoms with van der Waals surface area (Å²) in [4.78, 5) is 69.5. The molecule has 0 saturated carbocycles. The number of methoxy groups -OCH3 is 1. The van der Waals surface area contributed by atoms with Crippen molar-refractivity contribution >= 4 is 164 Å². The van der Waals surface area contributed by atoms with Gasteiger partial charge in [0.1, 0.15) is 0 Å². The van der Waals surface area contributed by atoms with Gasteiger partial charge < -0.3 is 39.8 Å². The van der Waals surface area contributed by atoms with Crippen LogP contribution in [0.2, 0.25) is 0 Å². The quantitative estimate of drug-likeness (QED) is 0.0724. The molecule has 0 radical (unpaired) electrons. The molecular formula is C15H25NNa4O15S. The topological polar surface area (TPSA) is 271 Å². The maximum atomic E-state index is 12.2. The van der Waals surface area contributed by atoms with Crippen LogP contribution in [-0.4, -0.2) is 213 Å². The molecule has 2 atom stereocenters. The average molecular weight is 583 g/mol. The van der Waals surface area contributed by atoms with Crippen LogP contribution in [0.25, 0.3) is 0 Å². The van der Waals surface area contributed by atoms with Gasteiger partial charge in [0.2, 0.25) is 5.60 Å². The molecule has 2 unspecified atom stereocenters. The molecule has 0 fully saturated rings. The van der Waals surface area contributed by atoms with E-state index in [2.05, 4.69) is 13.7 Å². The van der Waals surface area contributed by atoms with E-state index >= 15 is 0 Å². The summed E-state index contributed by atoms with van der Waals surface area (Å²) >= 11 is 0. The summed E-state index contributed by atoms with van der Waals surface area (Å²) < 4.78 is 36.0. The zero-order valence-electron chi connectivity index (χ0n) is 16.5. The van der Waals surface area contributed by atoms with Gasteiger partial charge in [0.05, 0.1) is 38.5 Å². The second kappa shape index (κ2) is 20.6. The first-order valence-electron chi connectivity index (χ1n) is 8.37. The number of aliphatic hydroxyl groups is 1. The first kappa shape index (κ1) is 46.5. The van der Waals surface area contributed by atoms with Gasteiger partial charge in [0.15, 0.2) is 5.60 Å². The number of carbonyl (C=O) groups excluding carboxylic acids is 3. The molecule has 21 heteroatoms. The number of hydrogen-bond acceptors (Lipinski definition) is 13. The first-order chi connectivity index (χ1) is 14.5. The Labute approximate surface area is 293 Å². The Morgan fingerprint density at radius 2 is 1.25 bits per heavy atom. The number of nitrogens with two attached hydrogens (primary N) is 1. The van der Waals surface area contributed by atoms with Crippen molar-refractivity contribution in [2.45, 2.75) is 36.9 Å². The molecule has 190 valence electrons. The third-order valence-corrected chi connectivity index (χ3v) is 4.83. The average Bonchev–Trinajstić information content (AvgIpc) is 2.59. The van der Waals surface area contributed by atoms with Crippen LogP contribution in [0.1, 0.15) is 25.7 Å². The second-order valence-corrected chi connectivity index (χ2v) is 7.98. The fourth-order valence-corrected chi connectivity index (χ4v) is 2.90. The Hall–Kier alpha value is 0.690. The van der Waals surface area contributed by atoms with Crippen molar-refractivity contribution in [2.24, 2.45) is 5.73 Å². The summed E-state index contributed by atoms with van der Waals surface area (Å²) in [5, 5.41) is 37.0. The molecule has 0 saturated heterocycles. The van der Waals surface area contributed by atoms with E-state index in [9.17, 15) is 47.4 Å². The zero-order chi connectivity index (χ0) is 25.3. The molecule has 0 rings (SSSR count). The minimum absolute atomic E-state index is 0. The van der Waals surface area contributed by atoms with Crippen molar-refractivity contribution in [3.8, 4) is 0 Å². The van der Waals surface area contributed by atoms with Gasteiger partial charge in [0.25, 0.3) is 0 Å². The third kappa shape index (κ3) is 16.6. The molecule has 36 heavy (non-hydrogen) atoms. The van der Waals surface area contributed by atoms with Crippen LogP contribution in [0.5, 0.6) is 0 Å². The molecule has 0 spiro atoms. The van der Waals surface area contributed by atoms with E-state index in [-0.39, 0.29) is 118 Å². The Kier molecular flexibility index (Phi) is 26.6. The van der Waals surface area contributed by atoms with E-state index in [0.29, 0.717) is 0 Å². The van der Waals surface area contributed by atoms with Crippen LogP contribution in [-0.2, 0) is 52.5 Å². The molecule has 0 aliphatic heterocycles. The molecular weight excluding hydrogens is 558 g/mol. The van der Waals surface area contributed by atoms with Crippen molar-refractivity contribution in [3.05, 3.63) is 0 Å². The number of carboxylic acid groups (broad SMARTS) is 3. The van der Waals surface area contributed by atoms with E-state index in [0.717, 1.165) is 7.11 Å². The van der Waals surface area contributed by atoms with Crippen LogP contribution < -0.4 is 5.73 Å². The number of hydrogen-bond donors (Lipinski definition) is 5. The summed E-state index contributed by atoms with van der Waals surface area (Å²) in [6.45, 7) is -0.464. The van der Waals surface area contributed by atoms with Gasteiger partial charge >= 0.3 is 164 Å². The van der Waals surface area contributed by atoms with Gasteiger partial charge in [-0.3, -0.25) is 19.2 Å². The van der Waals surface area contributed by atoms with Crippen LogP contribution in [0.4, 0.5) is 0 Å². The summed E-state index contributed by atoms with van der Waals surface area (Å²) in [6.07, 6.45) is -6.02. The number of esters is 2. The van der Waals surface area contributed by atoms with Crippen molar-refractivity contribution in [1.82, 2.24) is 0 Å². The summed E-state index contributed by atoms with van der Waals surface area (Å²) in [6, 6.07) is 0. The van der Waals surface area contributed by atoms with Gasteiger partial charge in [-0.2, -0.15) is 8.42 Å². The summed E-state index contributed by atoms with van der Waals surface area (Å²) in [7, 11) is -3.75.